The van der Waals surface area contributed by atoms with E-state index in [4.69, 9.17) is 4.74 Å². The number of alkyl carbamates (subject to hydrolysis) is 1. The highest BCUT2D eigenvalue weighted by atomic mass is 16.6. The van der Waals surface area contributed by atoms with E-state index >= 15 is 0 Å². The smallest absolute Gasteiger partial charge is 0.407 e. The van der Waals surface area contributed by atoms with Gasteiger partial charge >= 0.3 is 6.09 Å². The molecule has 0 fully saturated rings. The molecular formula is C6H13NO2. The molecule has 0 aliphatic rings. The minimum absolute atomic E-state index is 0.0310. The summed E-state index contributed by atoms with van der Waals surface area (Å²) in [5.41, 5.74) is 0. The fraction of sp³-hybridized carbons (Fsp3) is 0.833. The van der Waals surface area contributed by atoms with Crippen molar-refractivity contribution in [2.24, 2.45) is 0 Å². The van der Waals surface area contributed by atoms with Gasteiger partial charge < -0.3 is 10.1 Å². The summed E-state index contributed by atoms with van der Waals surface area (Å²) in [6.07, 6.45) is -0.371. The maximum atomic E-state index is 10.5. The van der Waals surface area contributed by atoms with Gasteiger partial charge in [0.2, 0.25) is 0 Å². The van der Waals surface area contributed by atoms with Crippen LogP contribution in [0.3, 0.4) is 0 Å². The van der Waals surface area contributed by atoms with Gasteiger partial charge in [-0.1, -0.05) is 0 Å². The van der Waals surface area contributed by atoms with E-state index in [2.05, 4.69) is 5.32 Å². The van der Waals surface area contributed by atoms with E-state index in [1.165, 1.54) is 0 Å². The van der Waals surface area contributed by atoms with Crippen LogP contribution in [0.1, 0.15) is 20.8 Å². The zero-order valence-corrected chi connectivity index (χ0v) is 6.10. The molecule has 0 spiro atoms. The lowest BCUT2D eigenvalue weighted by Crippen LogP contribution is -2.26. The Morgan fingerprint density at radius 1 is 1.67 bits per heavy atom. The van der Waals surface area contributed by atoms with Crippen LogP contribution in [0.2, 0.25) is 0 Å². The Labute approximate surface area is 55.4 Å². The molecule has 0 unspecified atom stereocenters. The van der Waals surface area contributed by atoms with Gasteiger partial charge in [-0.3, -0.25) is 0 Å². The first-order chi connectivity index (χ1) is 4.16. The Hall–Kier alpha value is -0.730. The molecule has 3 heteroatoms. The monoisotopic (exact) mass is 131 g/mol. The molecule has 0 rings (SSSR count). The minimum Gasteiger partial charge on any atom is -0.447 e. The standard InChI is InChI=1S/C6H13NO2/c1-4-7-6(8)9-5(2)3/h5H,4H2,1-3H3,(H,7,8). The molecule has 1 N–H and O–H groups in total. The second-order valence-corrected chi connectivity index (χ2v) is 1.98. The fourth-order valence-electron chi connectivity index (χ4n) is 0.400. The summed E-state index contributed by atoms with van der Waals surface area (Å²) < 4.78 is 4.74. The fourth-order valence-corrected chi connectivity index (χ4v) is 0.400. The number of carbonyl (C=O) groups is 1. The Morgan fingerprint density at radius 3 is 2.56 bits per heavy atom. The summed E-state index contributed by atoms with van der Waals surface area (Å²) in [7, 11) is 0. The number of rotatable bonds is 2. The van der Waals surface area contributed by atoms with Crippen molar-refractivity contribution < 1.29 is 9.53 Å². The Morgan fingerprint density at radius 2 is 2.22 bits per heavy atom. The van der Waals surface area contributed by atoms with Crippen molar-refractivity contribution in [1.29, 1.82) is 0 Å². The van der Waals surface area contributed by atoms with Crippen molar-refractivity contribution >= 4 is 6.09 Å². The molecule has 3 nitrogen and oxygen atoms in total. The van der Waals surface area contributed by atoms with Gasteiger partial charge in [0.05, 0.1) is 6.10 Å². The van der Waals surface area contributed by atoms with Crippen LogP contribution in [0.25, 0.3) is 0 Å². The zero-order chi connectivity index (χ0) is 7.28. The summed E-state index contributed by atoms with van der Waals surface area (Å²) in [5.74, 6) is 0. The summed E-state index contributed by atoms with van der Waals surface area (Å²) >= 11 is 0. The van der Waals surface area contributed by atoms with E-state index in [0.717, 1.165) is 0 Å². The number of hydrogen-bond donors (Lipinski definition) is 1. The summed E-state index contributed by atoms with van der Waals surface area (Å²) in [6.45, 7) is 6.09. The number of hydrogen-bond acceptors (Lipinski definition) is 2. The molecule has 0 atom stereocenters. The Balaban J connectivity index is 3.27. The van der Waals surface area contributed by atoms with Crippen LogP contribution in [-0.4, -0.2) is 18.7 Å². The van der Waals surface area contributed by atoms with Gasteiger partial charge in [0.1, 0.15) is 0 Å². The quantitative estimate of drug-likeness (QED) is 0.610. The van der Waals surface area contributed by atoms with E-state index in [1.807, 2.05) is 20.8 Å². The predicted octanol–water partition coefficient (Wildman–Crippen LogP) is 1.14. The SMILES string of the molecule is CCNC(=O)OC(C)C. The highest BCUT2D eigenvalue weighted by Gasteiger charge is 2.00. The summed E-state index contributed by atoms with van der Waals surface area (Å²) in [6, 6.07) is 0. The molecule has 0 saturated heterocycles. The first-order valence-electron chi connectivity index (χ1n) is 3.11. The van der Waals surface area contributed by atoms with Crippen LogP contribution in [-0.2, 0) is 4.74 Å². The van der Waals surface area contributed by atoms with E-state index in [-0.39, 0.29) is 12.2 Å². The second kappa shape index (κ2) is 4.18. The van der Waals surface area contributed by atoms with Crippen molar-refractivity contribution in [3.8, 4) is 0 Å². The molecule has 0 aromatic carbocycles. The number of carbonyl (C=O) groups excluding carboxylic acids is 1. The molecule has 9 heavy (non-hydrogen) atoms. The third kappa shape index (κ3) is 5.14. The Kier molecular flexibility index (Phi) is 3.84. The second-order valence-electron chi connectivity index (χ2n) is 1.98. The largest absolute Gasteiger partial charge is 0.447 e. The average molecular weight is 131 g/mol. The lowest BCUT2D eigenvalue weighted by atomic mass is 10.5. The third-order valence-corrected chi connectivity index (χ3v) is 0.664. The summed E-state index contributed by atoms with van der Waals surface area (Å²) in [4.78, 5) is 10.5. The molecule has 0 heterocycles. The maximum Gasteiger partial charge on any atom is 0.407 e. The topological polar surface area (TPSA) is 38.3 Å². The summed E-state index contributed by atoms with van der Waals surface area (Å²) in [5, 5.41) is 2.52. The van der Waals surface area contributed by atoms with Crippen LogP contribution >= 0.6 is 0 Å². The van der Waals surface area contributed by atoms with Gasteiger partial charge in [0.15, 0.2) is 0 Å². The Bertz CT molecular complexity index is 91.1. The maximum absolute atomic E-state index is 10.5. The van der Waals surface area contributed by atoms with Crippen LogP contribution in [0.4, 0.5) is 4.79 Å². The predicted molar refractivity (Wildman–Crippen MR) is 35.3 cm³/mol. The van der Waals surface area contributed by atoms with Crippen LogP contribution < -0.4 is 5.32 Å². The number of ether oxygens (including phenoxy) is 1. The normalized spacial score (nSPS) is 9.33. The molecule has 1 amide bonds. The van der Waals surface area contributed by atoms with Gasteiger partial charge in [-0.15, -0.1) is 0 Å². The zero-order valence-electron chi connectivity index (χ0n) is 6.10. The minimum atomic E-state index is -0.340. The van der Waals surface area contributed by atoms with Gasteiger partial charge in [-0.05, 0) is 20.8 Å². The van der Waals surface area contributed by atoms with Crippen molar-refractivity contribution in [2.75, 3.05) is 6.54 Å². The number of amides is 1. The molecule has 0 aliphatic carbocycles. The highest BCUT2D eigenvalue weighted by molar-refractivity contribution is 5.67. The van der Waals surface area contributed by atoms with Crippen LogP contribution in [0, 0.1) is 0 Å². The molecule has 0 bridgehead atoms. The van der Waals surface area contributed by atoms with E-state index in [9.17, 15) is 4.79 Å². The molecule has 54 valence electrons. The molecule has 0 aliphatic heterocycles. The first-order valence-corrected chi connectivity index (χ1v) is 3.11. The van der Waals surface area contributed by atoms with Gasteiger partial charge in [-0.2, -0.15) is 0 Å². The van der Waals surface area contributed by atoms with Gasteiger partial charge in [0, 0.05) is 6.54 Å². The molecule has 0 aromatic heterocycles. The average Bonchev–Trinajstić information content (AvgIpc) is 1.63. The number of nitrogens with one attached hydrogen (secondary N) is 1. The lowest BCUT2D eigenvalue weighted by Gasteiger charge is -2.06. The van der Waals surface area contributed by atoms with E-state index in [0.29, 0.717) is 6.54 Å². The third-order valence-electron chi connectivity index (χ3n) is 0.664. The van der Waals surface area contributed by atoms with Gasteiger partial charge in [0.25, 0.3) is 0 Å². The van der Waals surface area contributed by atoms with Crippen LogP contribution in [0.15, 0.2) is 0 Å². The van der Waals surface area contributed by atoms with Crippen molar-refractivity contribution in [2.45, 2.75) is 26.9 Å². The molecular weight excluding hydrogens is 118 g/mol. The molecule has 0 radical (unpaired) electrons. The van der Waals surface area contributed by atoms with E-state index in [1.54, 1.807) is 0 Å². The van der Waals surface area contributed by atoms with Crippen molar-refractivity contribution in [3.05, 3.63) is 0 Å². The molecule has 0 aromatic rings. The highest BCUT2D eigenvalue weighted by Crippen LogP contribution is 1.86. The lowest BCUT2D eigenvalue weighted by molar-refractivity contribution is 0.116. The molecule has 0 saturated carbocycles. The van der Waals surface area contributed by atoms with E-state index < -0.39 is 0 Å². The van der Waals surface area contributed by atoms with Crippen molar-refractivity contribution in [1.82, 2.24) is 5.32 Å². The first kappa shape index (κ1) is 8.27. The van der Waals surface area contributed by atoms with Crippen molar-refractivity contribution in [3.63, 3.8) is 0 Å². The van der Waals surface area contributed by atoms with Crippen LogP contribution in [0.5, 0.6) is 0 Å². The van der Waals surface area contributed by atoms with Gasteiger partial charge in [-0.25, -0.2) is 4.79 Å².